The molecule has 1 saturated heterocycles. The van der Waals surface area contributed by atoms with E-state index >= 15 is 0 Å². The summed E-state index contributed by atoms with van der Waals surface area (Å²) in [7, 11) is 0. The van der Waals surface area contributed by atoms with Crippen LogP contribution in [0.1, 0.15) is 38.3 Å². The van der Waals surface area contributed by atoms with Crippen molar-refractivity contribution < 1.29 is 5.11 Å². The minimum absolute atomic E-state index is 0.296. The molecule has 0 spiro atoms. The summed E-state index contributed by atoms with van der Waals surface area (Å²) >= 11 is 0. The molecule has 1 heterocycles. The molecule has 1 aromatic rings. The Hall–Kier alpha value is -0.900. The van der Waals surface area contributed by atoms with Gasteiger partial charge in [-0.25, -0.2) is 0 Å². The van der Waals surface area contributed by atoms with Gasteiger partial charge in [-0.15, -0.1) is 0 Å². The van der Waals surface area contributed by atoms with E-state index in [-0.39, 0.29) is 0 Å². The van der Waals surface area contributed by atoms with Crippen molar-refractivity contribution in [1.82, 2.24) is 10.2 Å². The van der Waals surface area contributed by atoms with Gasteiger partial charge in [0, 0.05) is 31.8 Å². The zero-order valence-corrected chi connectivity index (χ0v) is 12.8. The van der Waals surface area contributed by atoms with Crippen LogP contribution in [0.5, 0.6) is 0 Å². The maximum Gasteiger partial charge on any atom is 0.0434 e. The predicted molar refractivity (Wildman–Crippen MR) is 83.7 cm³/mol. The summed E-state index contributed by atoms with van der Waals surface area (Å²) in [4.78, 5) is 2.56. The summed E-state index contributed by atoms with van der Waals surface area (Å²) < 4.78 is 0. The van der Waals surface area contributed by atoms with Gasteiger partial charge in [-0.1, -0.05) is 37.3 Å². The maximum atomic E-state index is 8.93. The van der Waals surface area contributed by atoms with Gasteiger partial charge in [0.25, 0.3) is 0 Å². The van der Waals surface area contributed by atoms with Crippen LogP contribution in [-0.4, -0.2) is 42.3 Å². The lowest BCUT2D eigenvalue weighted by Gasteiger charge is -2.25. The zero-order chi connectivity index (χ0) is 14.4. The molecule has 0 saturated carbocycles. The topological polar surface area (TPSA) is 35.5 Å². The van der Waals surface area contributed by atoms with Crippen LogP contribution in [0.25, 0.3) is 0 Å². The number of nitrogens with zero attached hydrogens (tertiary/aromatic N) is 1. The first-order chi connectivity index (χ1) is 9.70. The smallest absolute Gasteiger partial charge is 0.0434 e. The number of hydrogen-bond donors (Lipinski definition) is 2. The average molecular weight is 276 g/mol. The first kappa shape index (κ1) is 15.5. The van der Waals surface area contributed by atoms with Gasteiger partial charge in [-0.05, 0) is 37.8 Å². The van der Waals surface area contributed by atoms with E-state index < -0.39 is 0 Å². The molecule has 0 bridgehead atoms. The van der Waals surface area contributed by atoms with Gasteiger partial charge in [0.05, 0.1) is 0 Å². The van der Waals surface area contributed by atoms with E-state index in [2.05, 4.69) is 54.4 Å². The first-order valence-electron chi connectivity index (χ1n) is 7.84. The Morgan fingerprint density at radius 2 is 2.05 bits per heavy atom. The third-order valence-corrected chi connectivity index (χ3v) is 4.43. The van der Waals surface area contributed by atoms with Gasteiger partial charge >= 0.3 is 0 Å². The van der Waals surface area contributed by atoms with E-state index in [4.69, 9.17) is 5.11 Å². The fourth-order valence-corrected chi connectivity index (χ4v) is 2.94. The number of aliphatic hydroxyl groups is 1. The van der Waals surface area contributed by atoms with Crippen LogP contribution in [0.4, 0.5) is 0 Å². The lowest BCUT2D eigenvalue weighted by Crippen LogP contribution is -2.36. The van der Waals surface area contributed by atoms with Gasteiger partial charge in [0.2, 0.25) is 0 Å². The van der Waals surface area contributed by atoms with Crippen molar-refractivity contribution in [2.24, 2.45) is 5.92 Å². The Morgan fingerprint density at radius 1 is 1.30 bits per heavy atom. The summed E-state index contributed by atoms with van der Waals surface area (Å²) in [6, 6.07) is 11.8. The van der Waals surface area contributed by atoms with Gasteiger partial charge < -0.3 is 10.4 Å². The molecule has 3 heteroatoms. The van der Waals surface area contributed by atoms with Crippen molar-refractivity contribution in [1.29, 1.82) is 0 Å². The van der Waals surface area contributed by atoms with Crippen LogP contribution < -0.4 is 5.32 Å². The number of hydrogen-bond acceptors (Lipinski definition) is 3. The third kappa shape index (κ3) is 4.30. The summed E-state index contributed by atoms with van der Waals surface area (Å²) in [6.07, 6.45) is 2.12. The van der Waals surface area contributed by atoms with Gasteiger partial charge in [-0.3, -0.25) is 4.90 Å². The second-order valence-corrected chi connectivity index (χ2v) is 6.09. The third-order valence-electron chi connectivity index (χ3n) is 4.43. The molecule has 0 radical (unpaired) electrons. The number of nitrogens with one attached hydrogen (secondary N) is 1. The summed E-state index contributed by atoms with van der Waals surface area (Å²) in [5.74, 6) is 0.556. The summed E-state index contributed by atoms with van der Waals surface area (Å²) in [6.45, 7) is 8.10. The maximum absolute atomic E-state index is 8.93. The highest BCUT2D eigenvalue weighted by atomic mass is 16.3. The zero-order valence-electron chi connectivity index (χ0n) is 12.8. The molecule has 3 unspecified atom stereocenters. The fraction of sp³-hybridized carbons (Fsp3) is 0.647. The molecule has 1 aromatic carbocycles. The minimum atomic E-state index is 0.296. The normalized spacial score (nSPS) is 22.9. The molecule has 2 rings (SSSR count). The molecule has 0 amide bonds. The first-order valence-corrected chi connectivity index (χ1v) is 7.84. The van der Waals surface area contributed by atoms with Crippen molar-refractivity contribution in [2.75, 3.05) is 26.2 Å². The molecule has 112 valence electrons. The molecule has 0 aliphatic carbocycles. The number of likely N-dealkylation sites (tertiary alicyclic amines) is 1. The molecular formula is C17H28N2O. The highest BCUT2D eigenvalue weighted by Crippen LogP contribution is 2.24. The van der Waals surface area contributed by atoms with E-state index in [9.17, 15) is 0 Å². The number of benzene rings is 1. The van der Waals surface area contributed by atoms with Crippen molar-refractivity contribution in [3.8, 4) is 0 Å². The van der Waals surface area contributed by atoms with Crippen LogP contribution >= 0.6 is 0 Å². The highest BCUT2D eigenvalue weighted by molar-refractivity contribution is 5.18. The number of aliphatic hydroxyl groups excluding tert-OH is 1. The molecule has 1 aliphatic heterocycles. The Labute approximate surface area is 123 Å². The molecule has 1 fully saturated rings. The van der Waals surface area contributed by atoms with Gasteiger partial charge in [-0.2, -0.15) is 0 Å². The van der Waals surface area contributed by atoms with E-state index in [1.54, 1.807) is 0 Å². The molecule has 3 nitrogen and oxygen atoms in total. The SMILES string of the molecule is CC(CCO)CNC1CCN(C(C)c2ccccc2)C1. The Balaban J connectivity index is 1.77. The van der Waals surface area contributed by atoms with E-state index in [1.807, 2.05) is 0 Å². The monoisotopic (exact) mass is 276 g/mol. The van der Waals surface area contributed by atoms with Crippen molar-refractivity contribution in [3.63, 3.8) is 0 Å². The number of rotatable bonds is 7. The van der Waals surface area contributed by atoms with Gasteiger partial charge in [0.15, 0.2) is 0 Å². The van der Waals surface area contributed by atoms with E-state index in [0.717, 1.165) is 19.5 Å². The minimum Gasteiger partial charge on any atom is -0.396 e. The van der Waals surface area contributed by atoms with E-state index in [0.29, 0.717) is 24.6 Å². The lowest BCUT2D eigenvalue weighted by atomic mass is 10.1. The van der Waals surface area contributed by atoms with Crippen molar-refractivity contribution >= 4 is 0 Å². The molecule has 3 atom stereocenters. The molecule has 2 N–H and O–H groups in total. The largest absolute Gasteiger partial charge is 0.396 e. The molecule has 0 aromatic heterocycles. The van der Waals surface area contributed by atoms with Crippen LogP contribution in [0.3, 0.4) is 0 Å². The predicted octanol–water partition coefficient (Wildman–Crippen LogP) is 2.43. The van der Waals surface area contributed by atoms with Crippen LogP contribution in [0.15, 0.2) is 30.3 Å². The Morgan fingerprint density at radius 3 is 2.75 bits per heavy atom. The van der Waals surface area contributed by atoms with Crippen molar-refractivity contribution in [2.45, 2.75) is 38.8 Å². The molecule has 1 aliphatic rings. The average Bonchev–Trinajstić information content (AvgIpc) is 2.94. The molecular weight excluding hydrogens is 248 g/mol. The summed E-state index contributed by atoms with van der Waals surface area (Å²) in [5, 5.41) is 12.6. The van der Waals surface area contributed by atoms with Gasteiger partial charge in [0.1, 0.15) is 0 Å². The quantitative estimate of drug-likeness (QED) is 0.803. The second-order valence-electron chi connectivity index (χ2n) is 6.09. The standard InChI is InChI=1S/C17H28N2O/c1-14(9-11-20)12-18-17-8-10-19(13-17)15(2)16-6-4-3-5-7-16/h3-7,14-15,17-18,20H,8-13H2,1-2H3. The lowest BCUT2D eigenvalue weighted by molar-refractivity contribution is 0.247. The Bertz CT molecular complexity index is 382. The van der Waals surface area contributed by atoms with E-state index in [1.165, 1.54) is 18.5 Å². The van der Waals surface area contributed by atoms with Crippen molar-refractivity contribution in [3.05, 3.63) is 35.9 Å². The highest BCUT2D eigenvalue weighted by Gasteiger charge is 2.26. The van der Waals surface area contributed by atoms with Crippen LogP contribution in [0.2, 0.25) is 0 Å². The Kier molecular flexibility index (Phi) is 6.02. The van der Waals surface area contributed by atoms with Crippen LogP contribution in [0, 0.1) is 5.92 Å². The second kappa shape index (κ2) is 7.77. The molecule has 20 heavy (non-hydrogen) atoms. The fourth-order valence-electron chi connectivity index (χ4n) is 2.94. The van der Waals surface area contributed by atoms with Crippen LogP contribution in [-0.2, 0) is 0 Å². The summed E-state index contributed by atoms with van der Waals surface area (Å²) in [5.41, 5.74) is 1.40.